The monoisotopic (exact) mass is 403 g/mol. The second-order valence-electron chi connectivity index (χ2n) is 8.46. The summed E-state index contributed by atoms with van der Waals surface area (Å²) in [5.41, 5.74) is 0.685. The molecule has 8 heteroatoms. The van der Waals surface area contributed by atoms with Crippen molar-refractivity contribution in [1.29, 1.82) is 0 Å². The zero-order valence-corrected chi connectivity index (χ0v) is 15.8. The van der Waals surface area contributed by atoms with Crippen molar-refractivity contribution in [3.63, 3.8) is 0 Å². The van der Waals surface area contributed by atoms with Gasteiger partial charge in [0.15, 0.2) is 0 Å². The lowest BCUT2D eigenvalue weighted by molar-refractivity contribution is -0.384. The SMILES string of the molecule is O=C1[C@@H]2[C@H](C(=O)N1/N=C\c1ccc(-c3cccc([N+](=O)[O-])c3)o1)[C@H]1C=C[C@@H]2C12CC2. The number of rotatable bonds is 4. The predicted octanol–water partition coefficient (Wildman–Crippen LogP) is 3.39. The molecule has 0 radical (unpaired) electrons. The van der Waals surface area contributed by atoms with Crippen LogP contribution in [0.4, 0.5) is 5.69 Å². The summed E-state index contributed by atoms with van der Waals surface area (Å²) in [6.45, 7) is 0. The van der Waals surface area contributed by atoms with Gasteiger partial charge in [0.2, 0.25) is 0 Å². The molecule has 2 aromatic rings. The largest absolute Gasteiger partial charge is 0.455 e. The summed E-state index contributed by atoms with van der Waals surface area (Å²) in [4.78, 5) is 36.3. The molecule has 30 heavy (non-hydrogen) atoms. The number of nitrogens with zero attached hydrogens (tertiary/aromatic N) is 3. The summed E-state index contributed by atoms with van der Waals surface area (Å²) in [7, 11) is 0. The van der Waals surface area contributed by atoms with Gasteiger partial charge in [-0.15, -0.1) is 0 Å². The maximum absolute atomic E-state index is 12.9. The second kappa shape index (κ2) is 5.75. The summed E-state index contributed by atoms with van der Waals surface area (Å²) in [6.07, 6.45) is 7.78. The number of carbonyl (C=O) groups is 2. The van der Waals surface area contributed by atoms with E-state index in [0.29, 0.717) is 17.1 Å². The lowest BCUT2D eigenvalue weighted by Crippen LogP contribution is -2.30. The topological polar surface area (TPSA) is 106 Å². The van der Waals surface area contributed by atoms with Gasteiger partial charge in [-0.3, -0.25) is 19.7 Å². The summed E-state index contributed by atoms with van der Waals surface area (Å²) in [5, 5.41) is 16.1. The molecule has 1 aromatic heterocycles. The van der Waals surface area contributed by atoms with E-state index in [-0.39, 0.29) is 46.6 Å². The molecule has 6 rings (SSSR count). The Labute approximate surface area is 171 Å². The van der Waals surface area contributed by atoms with Crippen molar-refractivity contribution in [3.05, 3.63) is 64.4 Å². The highest BCUT2D eigenvalue weighted by atomic mass is 16.6. The first-order valence-electron chi connectivity index (χ1n) is 9.94. The van der Waals surface area contributed by atoms with Gasteiger partial charge in [-0.05, 0) is 42.2 Å². The Bertz CT molecular complexity index is 1140. The number of benzene rings is 1. The quantitative estimate of drug-likeness (QED) is 0.256. The molecule has 150 valence electrons. The van der Waals surface area contributed by atoms with E-state index in [2.05, 4.69) is 17.3 Å². The van der Waals surface area contributed by atoms with Crippen molar-refractivity contribution in [3.8, 4) is 11.3 Å². The normalized spacial score (nSPS) is 30.1. The number of furan rings is 1. The van der Waals surface area contributed by atoms with Crippen molar-refractivity contribution < 1.29 is 18.9 Å². The summed E-state index contributed by atoms with van der Waals surface area (Å²) >= 11 is 0. The molecule has 1 aromatic carbocycles. The predicted molar refractivity (Wildman–Crippen MR) is 105 cm³/mol. The van der Waals surface area contributed by atoms with Crippen LogP contribution in [0.25, 0.3) is 11.3 Å². The minimum atomic E-state index is -0.468. The van der Waals surface area contributed by atoms with Gasteiger partial charge in [-0.25, -0.2) is 0 Å². The molecule has 0 N–H and O–H groups in total. The summed E-state index contributed by atoms with van der Waals surface area (Å²) in [5.74, 6) is 0.0856. The number of amides is 2. The van der Waals surface area contributed by atoms with E-state index in [0.717, 1.165) is 17.9 Å². The van der Waals surface area contributed by atoms with Gasteiger partial charge in [-0.1, -0.05) is 24.3 Å². The fraction of sp³-hybridized carbons (Fsp3) is 0.318. The van der Waals surface area contributed by atoms with Crippen molar-refractivity contribution in [2.45, 2.75) is 12.8 Å². The van der Waals surface area contributed by atoms with E-state index < -0.39 is 4.92 Å². The number of hydrogen-bond donors (Lipinski definition) is 0. The highest BCUT2D eigenvalue weighted by molar-refractivity contribution is 6.07. The Kier molecular flexibility index (Phi) is 3.32. The Morgan fingerprint density at radius 1 is 1.10 bits per heavy atom. The molecule has 2 heterocycles. The molecule has 3 aliphatic carbocycles. The molecular weight excluding hydrogens is 386 g/mol. The smallest absolute Gasteiger partial charge is 0.270 e. The lowest BCUT2D eigenvalue weighted by atomic mass is 9.85. The lowest BCUT2D eigenvalue weighted by Gasteiger charge is -2.18. The van der Waals surface area contributed by atoms with Crippen molar-refractivity contribution in [2.24, 2.45) is 34.2 Å². The first-order chi connectivity index (χ1) is 14.5. The minimum Gasteiger partial charge on any atom is -0.455 e. The third-order valence-electron chi connectivity index (χ3n) is 7.10. The summed E-state index contributed by atoms with van der Waals surface area (Å²) < 4.78 is 5.69. The van der Waals surface area contributed by atoms with E-state index in [1.807, 2.05) is 0 Å². The first kappa shape index (κ1) is 17.3. The number of hydrogen-bond acceptors (Lipinski definition) is 6. The Morgan fingerprint density at radius 2 is 1.80 bits per heavy atom. The van der Waals surface area contributed by atoms with Crippen molar-refractivity contribution >= 4 is 23.7 Å². The molecule has 4 aliphatic rings. The van der Waals surface area contributed by atoms with Crippen LogP contribution in [0.3, 0.4) is 0 Å². The number of nitro groups is 1. The van der Waals surface area contributed by atoms with Gasteiger partial charge in [0, 0.05) is 17.7 Å². The highest BCUT2D eigenvalue weighted by Gasteiger charge is 2.73. The standard InChI is InChI=1S/C22H17N3O5/c26-20-18-15-5-6-16(22(15)8-9-22)19(18)21(27)24(20)23-11-14-4-7-17(30-14)12-2-1-3-13(10-12)25(28)29/h1-7,10-11,15-16,18-19H,8-9H2/b23-11-/t15-,16+,18-,19+. The number of non-ortho nitro benzene ring substituents is 1. The Hall–Kier alpha value is -3.55. The van der Waals surface area contributed by atoms with Gasteiger partial charge in [-0.2, -0.15) is 10.1 Å². The number of hydrazone groups is 1. The van der Waals surface area contributed by atoms with E-state index in [1.165, 1.54) is 18.3 Å². The molecular formula is C22H17N3O5. The van der Waals surface area contributed by atoms with E-state index in [9.17, 15) is 19.7 Å². The fourth-order valence-corrected chi connectivity index (χ4v) is 5.64. The summed E-state index contributed by atoms with van der Waals surface area (Å²) in [6, 6.07) is 9.43. The van der Waals surface area contributed by atoms with Crippen LogP contribution in [-0.4, -0.2) is 28.0 Å². The molecule has 4 atom stereocenters. The van der Waals surface area contributed by atoms with E-state index in [1.54, 1.807) is 24.3 Å². The zero-order chi connectivity index (χ0) is 20.6. The van der Waals surface area contributed by atoms with Crippen LogP contribution in [0.2, 0.25) is 0 Å². The number of fused-ring (bicyclic) bond motifs is 3. The van der Waals surface area contributed by atoms with Gasteiger partial charge >= 0.3 is 0 Å². The van der Waals surface area contributed by atoms with E-state index >= 15 is 0 Å². The van der Waals surface area contributed by atoms with Crippen molar-refractivity contribution in [1.82, 2.24) is 5.01 Å². The van der Waals surface area contributed by atoms with Crippen LogP contribution < -0.4 is 0 Å². The average molecular weight is 403 g/mol. The third kappa shape index (κ3) is 2.18. The van der Waals surface area contributed by atoms with Crippen LogP contribution in [0, 0.1) is 39.2 Å². The highest BCUT2D eigenvalue weighted by Crippen LogP contribution is 2.73. The van der Waals surface area contributed by atoms with Crippen LogP contribution >= 0.6 is 0 Å². The molecule has 2 amide bonds. The van der Waals surface area contributed by atoms with Gasteiger partial charge in [0.25, 0.3) is 17.5 Å². The third-order valence-corrected chi connectivity index (χ3v) is 7.10. The first-order valence-corrected chi connectivity index (χ1v) is 9.94. The molecule has 1 saturated heterocycles. The molecule has 8 nitrogen and oxygen atoms in total. The number of carbonyl (C=O) groups excluding carboxylic acids is 2. The van der Waals surface area contributed by atoms with Gasteiger partial charge < -0.3 is 4.42 Å². The molecule has 1 aliphatic heterocycles. The van der Waals surface area contributed by atoms with Crippen LogP contribution in [0.15, 0.2) is 58.1 Å². The van der Waals surface area contributed by atoms with Crippen LogP contribution in [0.5, 0.6) is 0 Å². The molecule has 2 bridgehead atoms. The zero-order valence-electron chi connectivity index (χ0n) is 15.8. The number of nitro benzene ring substituents is 1. The second-order valence-corrected chi connectivity index (χ2v) is 8.46. The maximum atomic E-state index is 12.9. The van der Waals surface area contributed by atoms with E-state index in [4.69, 9.17) is 4.42 Å². The van der Waals surface area contributed by atoms with Gasteiger partial charge in [0.05, 0.1) is 23.0 Å². The molecule has 2 saturated carbocycles. The van der Waals surface area contributed by atoms with Crippen molar-refractivity contribution in [2.75, 3.05) is 0 Å². The maximum Gasteiger partial charge on any atom is 0.270 e. The minimum absolute atomic E-state index is 0.0319. The molecule has 1 spiro atoms. The Morgan fingerprint density at radius 3 is 2.43 bits per heavy atom. The molecule has 3 fully saturated rings. The average Bonchev–Trinajstić information content (AvgIpc) is 3.03. The van der Waals surface area contributed by atoms with Gasteiger partial charge in [0.1, 0.15) is 11.5 Å². The number of allylic oxidation sites excluding steroid dienone is 2. The van der Waals surface area contributed by atoms with Crippen LogP contribution in [-0.2, 0) is 9.59 Å². The fourth-order valence-electron chi connectivity index (χ4n) is 5.64. The Balaban J connectivity index is 1.23. The van der Waals surface area contributed by atoms with Crippen LogP contribution in [0.1, 0.15) is 18.6 Å². The number of imide groups is 1. The molecule has 0 unspecified atom stereocenters.